The van der Waals surface area contributed by atoms with Crippen molar-refractivity contribution in [1.29, 1.82) is 0 Å². The summed E-state index contributed by atoms with van der Waals surface area (Å²) in [6.45, 7) is -0.0935. The van der Waals surface area contributed by atoms with Gasteiger partial charge in [0.1, 0.15) is 5.69 Å². The van der Waals surface area contributed by atoms with Crippen LogP contribution in [0.2, 0.25) is 0 Å². The Kier molecular flexibility index (Phi) is 3.83. The normalized spacial score (nSPS) is 13.6. The molecule has 1 saturated carbocycles. The third-order valence-electron chi connectivity index (χ3n) is 2.82. The van der Waals surface area contributed by atoms with E-state index in [0.717, 1.165) is 18.9 Å². The Morgan fingerprint density at radius 3 is 2.65 bits per heavy atom. The predicted octanol–water partition coefficient (Wildman–Crippen LogP) is 0.984. The maximum Gasteiger partial charge on any atom is 0.335 e. The number of nitrogens with zero attached hydrogens (tertiary/aromatic N) is 1. The van der Waals surface area contributed by atoms with Gasteiger partial charge in [-0.3, -0.25) is 14.9 Å². The minimum absolute atomic E-state index is 0.0935. The van der Waals surface area contributed by atoms with Gasteiger partial charge < -0.3 is 15.7 Å². The van der Waals surface area contributed by atoms with Crippen LogP contribution >= 0.6 is 0 Å². The summed E-state index contributed by atoms with van der Waals surface area (Å²) in [6, 6.07) is 3.71. The van der Waals surface area contributed by atoms with E-state index in [1.807, 2.05) is 0 Å². The van der Waals surface area contributed by atoms with Gasteiger partial charge in [0.15, 0.2) is 0 Å². The quantitative estimate of drug-likeness (QED) is 0.527. The van der Waals surface area contributed by atoms with Crippen molar-refractivity contribution < 1.29 is 19.6 Å². The molecule has 1 amide bonds. The maximum atomic E-state index is 11.5. The van der Waals surface area contributed by atoms with Gasteiger partial charge in [0.05, 0.1) is 17.0 Å². The first kappa shape index (κ1) is 13.8. The van der Waals surface area contributed by atoms with E-state index in [4.69, 9.17) is 5.11 Å². The zero-order valence-electron chi connectivity index (χ0n) is 10.5. The number of carbonyl (C=O) groups is 2. The van der Waals surface area contributed by atoms with E-state index in [9.17, 15) is 19.7 Å². The number of nitro groups is 1. The van der Waals surface area contributed by atoms with Crippen molar-refractivity contribution in [2.75, 3.05) is 11.9 Å². The number of rotatable bonds is 6. The van der Waals surface area contributed by atoms with Crippen LogP contribution in [0, 0.1) is 10.1 Å². The van der Waals surface area contributed by atoms with Gasteiger partial charge in [-0.25, -0.2) is 4.79 Å². The van der Waals surface area contributed by atoms with Gasteiger partial charge in [-0.15, -0.1) is 0 Å². The molecule has 0 aliphatic heterocycles. The van der Waals surface area contributed by atoms with Crippen molar-refractivity contribution in [3.05, 3.63) is 33.9 Å². The molecular weight excluding hydrogens is 266 g/mol. The summed E-state index contributed by atoms with van der Waals surface area (Å²) in [7, 11) is 0. The molecule has 0 radical (unpaired) electrons. The summed E-state index contributed by atoms with van der Waals surface area (Å²) in [6.07, 6.45) is 1.92. The molecule has 1 aromatic rings. The molecule has 8 nitrogen and oxygen atoms in total. The second-order valence-corrected chi connectivity index (χ2v) is 4.49. The summed E-state index contributed by atoms with van der Waals surface area (Å²) >= 11 is 0. The van der Waals surface area contributed by atoms with E-state index in [-0.39, 0.29) is 35.4 Å². The predicted molar refractivity (Wildman–Crippen MR) is 69.7 cm³/mol. The van der Waals surface area contributed by atoms with Gasteiger partial charge in [0.2, 0.25) is 5.91 Å². The lowest BCUT2D eigenvalue weighted by Crippen LogP contribution is -2.31. The van der Waals surface area contributed by atoms with Crippen LogP contribution < -0.4 is 10.6 Å². The molecule has 0 bridgehead atoms. The van der Waals surface area contributed by atoms with E-state index < -0.39 is 10.9 Å². The number of hydrogen-bond donors (Lipinski definition) is 3. The number of carbonyl (C=O) groups excluding carboxylic acids is 1. The third kappa shape index (κ3) is 3.44. The molecule has 3 N–H and O–H groups in total. The zero-order chi connectivity index (χ0) is 14.7. The van der Waals surface area contributed by atoms with Crippen LogP contribution in [0.4, 0.5) is 11.4 Å². The molecular formula is C12H13N3O5. The maximum absolute atomic E-state index is 11.5. The molecule has 0 atom stereocenters. The lowest BCUT2D eigenvalue weighted by molar-refractivity contribution is -0.384. The summed E-state index contributed by atoms with van der Waals surface area (Å²) in [5.41, 5.74) is -0.431. The highest BCUT2D eigenvalue weighted by molar-refractivity contribution is 5.90. The van der Waals surface area contributed by atoms with Crippen molar-refractivity contribution >= 4 is 23.3 Å². The van der Waals surface area contributed by atoms with Gasteiger partial charge in [0.25, 0.3) is 5.69 Å². The Bertz CT molecular complexity index is 568. The Morgan fingerprint density at radius 2 is 2.10 bits per heavy atom. The summed E-state index contributed by atoms with van der Waals surface area (Å²) in [5.74, 6) is -1.49. The number of benzene rings is 1. The fourth-order valence-electron chi connectivity index (χ4n) is 1.65. The molecule has 106 valence electrons. The van der Waals surface area contributed by atoms with E-state index in [2.05, 4.69) is 10.6 Å². The minimum Gasteiger partial charge on any atom is -0.478 e. The van der Waals surface area contributed by atoms with Crippen LogP contribution in [0.25, 0.3) is 0 Å². The molecule has 0 unspecified atom stereocenters. The van der Waals surface area contributed by atoms with Crippen LogP contribution in [0.15, 0.2) is 18.2 Å². The lowest BCUT2D eigenvalue weighted by atomic mass is 10.1. The fraction of sp³-hybridized carbons (Fsp3) is 0.333. The Hall–Kier alpha value is -2.64. The molecule has 1 aliphatic carbocycles. The molecule has 1 fully saturated rings. The fourth-order valence-corrected chi connectivity index (χ4v) is 1.65. The molecule has 2 rings (SSSR count). The van der Waals surface area contributed by atoms with Crippen molar-refractivity contribution in [2.45, 2.75) is 18.9 Å². The molecule has 0 spiro atoms. The molecule has 1 aromatic carbocycles. The zero-order valence-corrected chi connectivity index (χ0v) is 10.5. The number of nitro benzene ring substituents is 1. The average Bonchev–Trinajstić information content (AvgIpc) is 3.19. The molecule has 8 heteroatoms. The monoisotopic (exact) mass is 279 g/mol. The van der Waals surface area contributed by atoms with Gasteiger partial charge in [-0.05, 0) is 25.0 Å². The summed E-state index contributed by atoms with van der Waals surface area (Å²) in [5, 5.41) is 25.1. The van der Waals surface area contributed by atoms with Crippen LogP contribution in [0.1, 0.15) is 23.2 Å². The second kappa shape index (κ2) is 5.55. The van der Waals surface area contributed by atoms with Gasteiger partial charge in [0, 0.05) is 12.1 Å². The smallest absolute Gasteiger partial charge is 0.335 e. The highest BCUT2D eigenvalue weighted by atomic mass is 16.6. The Balaban J connectivity index is 2.07. The highest BCUT2D eigenvalue weighted by Gasteiger charge is 2.23. The third-order valence-corrected chi connectivity index (χ3v) is 2.82. The van der Waals surface area contributed by atoms with Crippen LogP contribution in [0.3, 0.4) is 0 Å². The van der Waals surface area contributed by atoms with Crippen LogP contribution in [-0.4, -0.2) is 34.5 Å². The van der Waals surface area contributed by atoms with Crippen molar-refractivity contribution in [3.63, 3.8) is 0 Å². The van der Waals surface area contributed by atoms with E-state index >= 15 is 0 Å². The molecule has 20 heavy (non-hydrogen) atoms. The number of hydrogen-bond acceptors (Lipinski definition) is 5. The first-order valence-electron chi connectivity index (χ1n) is 6.02. The highest BCUT2D eigenvalue weighted by Crippen LogP contribution is 2.25. The molecule has 0 saturated heterocycles. The standard InChI is InChI=1S/C12H13N3O5/c16-11(14-8-2-3-8)6-13-9-4-1-7(12(17)18)5-10(9)15(19)20/h1,4-5,8,13H,2-3,6H2,(H,14,16)(H,17,18). The largest absolute Gasteiger partial charge is 0.478 e. The number of anilines is 1. The lowest BCUT2D eigenvalue weighted by Gasteiger charge is -2.08. The SMILES string of the molecule is O=C(CNc1ccc(C(=O)O)cc1[N+](=O)[O-])NC1CC1. The van der Waals surface area contributed by atoms with Gasteiger partial charge >= 0.3 is 5.97 Å². The average molecular weight is 279 g/mol. The van der Waals surface area contributed by atoms with E-state index in [0.29, 0.717) is 0 Å². The first-order valence-corrected chi connectivity index (χ1v) is 6.02. The number of carboxylic acid groups (broad SMARTS) is 1. The van der Waals surface area contributed by atoms with E-state index in [1.54, 1.807) is 0 Å². The van der Waals surface area contributed by atoms with E-state index in [1.165, 1.54) is 12.1 Å². The van der Waals surface area contributed by atoms with Gasteiger partial charge in [-0.2, -0.15) is 0 Å². The molecule has 0 aromatic heterocycles. The number of aromatic carboxylic acids is 1. The van der Waals surface area contributed by atoms with Crippen LogP contribution in [0.5, 0.6) is 0 Å². The molecule has 1 aliphatic rings. The summed E-state index contributed by atoms with van der Waals surface area (Å²) in [4.78, 5) is 32.5. The van der Waals surface area contributed by atoms with Crippen molar-refractivity contribution in [3.8, 4) is 0 Å². The topological polar surface area (TPSA) is 122 Å². The first-order chi connectivity index (χ1) is 9.47. The number of amides is 1. The number of carboxylic acids is 1. The Morgan fingerprint density at radius 1 is 1.40 bits per heavy atom. The number of nitrogens with one attached hydrogen (secondary N) is 2. The Labute approximate surface area is 113 Å². The van der Waals surface area contributed by atoms with Gasteiger partial charge in [-0.1, -0.05) is 0 Å². The minimum atomic E-state index is -1.24. The van der Waals surface area contributed by atoms with Crippen molar-refractivity contribution in [1.82, 2.24) is 5.32 Å². The second-order valence-electron chi connectivity index (χ2n) is 4.49. The molecule has 0 heterocycles. The van der Waals surface area contributed by atoms with Crippen molar-refractivity contribution in [2.24, 2.45) is 0 Å². The van der Waals surface area contributed by atoms with Crippen LogP contribution in [-0.2, 0) is 4.79 Å². The summed E-state index contributed by atoms with van der Waals surface area (Å²) < 4.78 is 0.